The highest BCUT2D eigenvalue weighted by molar-refractivity contribution is 5.74. The largest absolute Gasteiger partial charge is 0.396 e. The van der Waals surface area contributed by atoms with Gasteiger partial charge in [-0.05, 0) is 50.0 Å². The van der Waals surface area contributed by atoms with Crippen molar-refractivity contribution < 1.29 is 9.90 Å². The van der Waals surface area contributed by atoms with Crippen LogP contribution in [0.5, 0.6) is 0 Å². The lowest BCUT2D eigenvalue weighted by atomic mass is 9.77. The second kappa shape index (κ2) is 9.04. The Balaban J connectivity index is 1.78. The molecule has 2 rings (SSSR count). The van der Waals surface area contributed by atoms with E-state index in [1.807, 2.05) is 4.90 Å². The molecule has 0 aromatic carbocycles. The average Bonchev–Trinajstić information content (AvgIpc) is 2.60. The monoisotopic (exact) mass is 339 g/mol. The van der Waals surface area contributed by atoms with Crippen LogP contribution in [-0.4, -0.2) is 66.3 Å². The van der Waals surface area contributed by atoms with Gasteiger partial charge < -0.3 is 15.3 Å². The molecule has 140 valence electrons. The summed E-state index contributed by atoms with van der Waals surface area (Å²) < 4.78 is 0. The van der Waals surface area contributed by atoms with E-state index < -0.39 is 0 Å². The molecule has 1 unspecified atom stereocenters. The second-order valence-electron chi connectivity index (χ2n) is 8.22. The fourth-order valence-electron chi connectivity index (χ4n) is 4.13. The Hall–Kier alpha value is -0.810. The summed E-state index contributed by atoms with van der Waals surface area (Å²) >= 11 is 0. The third kappa shape index (κ3) is 5.09. The minimum Gasteiger partial charge on any atom is -0.396 e. The van der Waals surface area contributed by atoms with E-state index in [1.54, 1.807) is 0 Å². The van der Waals surface area contributed by atoms with Crippen LogP contribution in [0.1, 0.15) is 59.3 Å². The summed E-state index contributed by atoms with van der Waals surface area (Å²) in [5, 5.41) is 12.8. The molecule has 5 nitrogen and oxygen atoms in total. The fourth-order valence-corrected chi connectivity index (χ4v) is 4.13. The molecule has 0 bridgehead atoms. The van der Waals surface area contributed by atoms with Crippen molar-refractivity contribution in [3.8, 4) is 0 Å². The maximum absolute atomic E-state index is 12.5. The molecule has 2 heterocycles. The first kappa shape index (κ1) is 19.5. The number of aliphatic hydroxyl groups excluding tert-OH is 1. The van der Waals surface area contributed by atoms with Gasteiger partial charge in [-0.15, -0.1) is 0 Å². The highest BCUT2D eigenvalue weighted by atomic mass is 16.3. The van der Waals surface area contributed by atoms with Crippen molar-refractivity contribution in [1.29, 1.82) is 0 Å². The first-order valence-corrected chi connectivity index (χ1v) is 9.87. The molecule has 0 spiro atoms. The van der Waals surface area contributed by atoms with Crippen molar-refractivity contribution in [3.63, 3.8) is 0 Å². The smallest absolute Gasteiger partial charge is 0.317 e. The lowest BCUT2D eigenvalue weighted by molar-refractivity contribution is 0.0512. The van der Waals surface area contributed by atoms with E-state index in [0.29, 0.717) is 12.0 Å². The molecular formula is C19H37N3O2. The van der Waals surface area contributed by atoms with Crippen LogP contribution in [0, 0.1) is 11.3 Å². The number of carbonyl (C=O) groups is 1. The van der Waals surface area contributed by atoms with Gasteiger partial charge in [0.25, 0.3) is 0 Å². The van der Waals surface area contributed by atoms with E-state index >= 15 is 0 Å². The van der Waals surface area contributed by atoms with E-state index in [0.717, 1.165) is 52.0 Å². The van der Waals surface area contributed by atoms with Crippen molar-refractivity contribution >= 4 is 6.03 Å². The van der Waals surface area contributed by atoms with Crippen molar-refractivity contribution in [2.45, 2.75) is 65.3 Å². The molecule has 0 saturated carbocycles. The number of nitrogens with one attached hydrogen (secondary N) is 1. The number of nitrogens with zero attached hydrogens (tertiary/aromatic N) is 2. The van der Waals surface area contributed by atoms with Crippen LogP contribution in [-0.2, 0) is 0 Å². The fraction of sp³-hybridized carbons (Fsp3) is 0.947. The van der Waals surface area contributed by atoms with Crippen LogP contribution in [0.25, 0.3) is 0 Å². The van der Waals surface area contributed by atoms with Gasteiger partial charge in [0.2, 0.25) is 0 Å². The molecular weight excluding hydrogens is 302 g/mol. The number of hydrogen-bond donors (Lipinski definition) is 2. The molecule has 2 fully saturated rings. The topological polar surface area (TPSA) is 55.8 Å². The summed E-state index contributed by atoms with van der Waals surface area (Å²) in [6.45, 7) is 11.5. The quantitative estimate of drug-likeness (QED) is 0.782. The van der Waals surface area contributed by atoms with Crippen molar-refractivity contribution in [1.82, 2.24) is 15.1 Å². The number of amides is 2. The summed E-state index contributed by atoms with van der Waals surface area (Å²) in [5.41, 5.74) is 0.0359. The van der Waals surface area contributed by atoms with Crippen LogP contribution in [0.4, 0.5) is 4.79 Å². The van der Waals surface area contributed by atoms with Gasteiger partial charge in [-0.3, -0.25) is 4.90 Å². The highest BCUT2D eigenvalue weighted by Crippen LogP contribution is 2.34. The van der Waals surface area contributed by atoms with Crippen LogP contribution >= 0.6 is 0 Å². The molecule has 0 radical (unpaired) electrons. The standard InChI is InChI=1S/C19H37N3O2/c1-4-19(15-23)8-11-21(12-9-19)18(24)20-13-17-7-5-6-10-22(17)14-16(2)3/h16-17,23H,4-15H2,1-3H3,(H,20,24). The third-order valence-electron chi connectivity index (χ3n) is 6.03. The predicted molar refractivity (Wildman–Crippen MR) is 98.1 cm³/mol. The number of aliphatic hydroxyl groups is 1. The van der Waals surface area contributed by atoms with Gasteiger partial charge in [0.05, 0.1) is 0 Å². The molecule has 1 atom stereocenters. The number of piperidine rings is 2. The number of hydrogen-bond acceptors (Lipinski definition) is 3. The van der Waals surface area contributed by atoms with Crippen LogP contribution < -0.4 is 5.32 Å². The summed E-state index contributed by atoms with van der Waals surface area (Å²) in [4.78, 5) is 17.0. The summed E-state index contributed by atoms with van der Waals surface area (Å²) in [6.07, 6.45) is 6.56. The number of likely N-dealkylation sites (tertiary alicyclic amines) is 2. The van der Waals surface area contributed by atoms with Crippen LogP contribution in [0.3, 0.4) is 0 Å². The van der Waals surface area contributed by atoms with Crippen molar-refractivity contribution in [2.75, 3.05) is 39.3 Å². The van der Waals surface area contributed by atoms with E-state index in [4.69, 9.17) is 0 Å². The Bertz CT molecular complexity index is 386. The molecule has 2 amide bonds. The van der Waals surface area contributed by atoms with E-state index in [2.05, 4.69) is 31.0 Å². The van der Waals surface area contributed by atoms with E-state index in [1.165, 1.54) is 19.3 Å². The SMILES string of the molecule is CCC1(CO)CCN(C(=O)NCC2CCCCN2CC(C)C)CC1. The normalized spacial score (nSPS) is 25.0. The van der Waals surface area contributed by atoms with Crippen LogP contribution in [0.15, 0.2) is 0 Å². The Morgan fingerprint density at radius 1 is 1.25 bits per heavy atom. The van der Waals surface area contributed by atoms with Crippen molar-refractivity contribution in [3.05, 3.63) is 0 Å². The molecule has 24 heavy (non-hydrogen) atoms. The van der Waals surface area contributed by atoms with Gasteiger partial charge in [-0.2, -0.15) is 0 Å². The molecule has 0 aromatic heterocycles. The molecule has 2 aliphatic rings. The highest BCUT2D eigenvalue weighted by Gasteiger charge is 2.34. The molecule has 2 saturated heterocycles. The van der Waals surface area contributed by atoms with Crippen molar-refractivity contribution in [2.24, 2.45) is 11.3 Å². The first-order chi connectivity index (χ1) is 11.5. The average molecular weight is 340 g/mol. The Morgan fingerprint density at radius 3 is 2.54 bits per heavy atom. The van der Waals surface area contributed by atoms with Crippen LogP contribution in [0.2, 0.25) is 0 Å². The Labute approximate surface area is 147 Å². The zero-order valence-electron chi connectivity index (χ0n) is 15.9. The maximum Gasteiger partial charge on any atom is 0.317 e. The molecule has 0 aromatic rings. The summed E-state index contributed by atoms with van der Waals surface area (Å²) in [6, 6.07) is 0.565. The number of rotatable bonds is 6. The zero-order chi connectivity index (χ0) is 17.6. The lowest BCUT2D eigenvalue weighted by Gasteiger charge is -2.41. The minimum absolute atomic E-state index is 0.0359. The zero-order valence-corrected chi connectivity index (χ0v) is 15.9. The molecule has 0 aliphatic carbocycles. The third-order valence-corrected chi connectivity index (χ3v) is 6.03. The maximum atomic E-state index is 12.5. The summed E-state index contributed by atoms with van der Waals surface area (Å²) in [5.74, 6) is 0.670. The summed E-state index contributed by atoms with van der Waals surface area (Å²) in [7, 11) is 0. The lowest BCUT2D eigenvalue weighted by Crippen LogP contribution is -2.52. The molecule has 2 N–H and O–H groups in total. The van der Waals surface area contributed by atoms with Gasteiger partial charge in [-0.25, -0.2) is 4.79 Å². The van der Waals surface area contributed by atoms with Gasteiger partial charge in [-0.1, -0.05) is 27.2 Å². The van der Waals surface area contributed by atoms with Gasteiger partial charge in [0.1, 0.15) is 0 Å². The van der Waals surface area contributed by atoms with Gasteiger partial charge in [0.15, 0.2) is 0 Å². The first-order valence-electron chi connectivity index (χ1n) is 9.87. The minimum atomic E-state index is 0.0359. The predicted octanol–water partition coefficient (Wildman–Crippen LogP) is 2.69. The van der Waals surface area contributed by atoms with Gasteiger partial charge >= 0.3 is 6.03 Å². The van der Waals surface area contributed by atoms with E-state index in [9.17, 15) is 9.90 Å². The number of carbonyl (C=O) groups excluding carboxylic acids is 1. The Kier molecular flexibility index (Phi) is 7.35. The second-order valence-corrected chi connectivity index (χ2v) is 8.22. The molecule has 2 aliphatic heterocycles. The number of urea groups is 1. The molecule has 5 heteroatoms. The van der Waals surface area contributed by atoms with E-state index in [-0.39, 0.29) is 18.1 Å². The van der Waals surface area contributed by atoms with Gasteiger partial charge in [0, 0.05) is 38.8 Å². The Morgan fingerprint density at radius 2 is 1.96 bits per heavy atom.